The molecule has 2 aromatic rings. The van der Waals surface area contributed by atoms with Crippen LogP contribution in [0.4, 0.5) is 9.93 Å². The van der Waals surface area contributed by atoms with E-state index >= 15 is 0 Å². The van der Waals surface area contributed by atoms with Crippen molar-refractivity contribution in [3.8, 4) is 0 Å². The van der Waals surface area contributed by atoms with Crippen molar-refractivity contribution in [1.29, 1.82) is 0 Å². The average molecular weight is 308 g/mol. The molecule has 0 spiro atoms. The molecule has 0 fully saturated rings. The predicted octanol–water partition coefficient (Wildman–Crippen LogP) is 2.46. The van der Waals surface area contributed by atoms with Crippen LogP contribution < -0.4 is 10.6 Å². The van der Waals surface area contributed by atoms with Gasteiger partial charge in [-0.15, -0.1) is 11.3 Å². The molecule has 0 saturated carbocycles. The summed E-state index contributed by atoms with van der Waals surface area (Å²) in [5.74, 6) is 0.408. The molecule has 0 unspecified atom stereocenters. The Morgan fingerprint density at radius 3 is 2.95 bits per heavy atom. The summed E-state index contributed by atoms with van der Waals surface area (Å²) >= 11 is 1.44. The molecule has 2 rings (SSSR count). The molecule has 0 radical (unpaired) electrons. The van der Waals surface area contributed by atoms with Gasteiger partial charge in [0.2, 0.25) is 0 Å². The smallest absolute Gasteiger partial charge is 0.321 e. The van der Waals surface area contributed by atoms with Crippen LogP contribution in [-0.4, -0.2) is 31.8 Å². The number of amides is 2. The molecule has 2 aromatic heterocycles. The summed E-state index contributed by atoms with van der Waals surface area (Å²) in [7, 11) is 0. The molecule has 8 heteroatoms. The van der Waals surface area contributed by atoms with E-state index in [1.807, 2.05) is 12.3 Å². The van der Waals surface area contributed by atoms with Crippen molar-refractivity contribution in [1.82, 2.24) is 25.1 Å². The fourth-order valence-electron chi connectivity index (χ4n) is 1.79. The largest absolute Gasteiger partial charge is 0.333 e. The second-order valence-corrected chi connectivity index (χ2v) is 5.86. The van der Waals surface area contributed by atoms with Gasteiger partial charge in [-0.05, 0) is 19.3 Å². The molecule has 7 nitrogen and oxygen atoms in total. The highest BCUT2D eigenvalue weighted by atomic mass is 32.1. The van der Waals surface area contributed by atoms with Gasteiger partial charge in [-0.25, -0.2) is 14.8 Å². The molecular formula is C13H20N6OS. The second kappa shape index (κ2) is 7.16. The van der Waals surface area contributed by atoms with Crippen molar-refractivity contribution < 1.29 is 4.79 Å². The fraction of sp³-hybridized carbons (Fsp3) is 0.538. The van der Waals surface area contributed by atoms with Gasteiger partial charge in [0.1, 0.15) is 12.7 Å². The minimum Gasteiger partial charge on any atom is -0.333 e. The van der Waals surface area contributed by atoms with Gasteiger partial charge < -0.3 is 5.32 Å². The SMILES string of the molecule is CC[C@@H](C)c1csc(NC(=O)N[C@H](C)Cn2cncn2)n1. The average Bonchev–Trinajstić information content (AvgIpc) is 3.09. The van der Waals surface area contributed by atoms with E-state index in [0.29, 0.717) is 17.6 Å². The monoisotopic (exact) mass is 308 g/mol. The topological polar surface area (TPSA) is 84.7 Å². The normalized spacial score (nSPS) is 13.7. The molecule has 2 atom stereocenters. The van der Waals surface area contributed by atoms with Crippen molar-refractivity contribution in [2.24, 2.45) is 0 Å². The van der Waals surface area contributed by atoms with Gasteiger partial charge in [-0.1, -0.05) is 13.8 Å². The number of nitrogens with zero attached hydrogens (tertiary/aromatic N) is 4. The van der Waals surface area contributed by atoms with E-state index in [4.69, 9.17) is 0 Å². The van der Waals surface area contributed by atoms with Crippen LogP contribution in [0, 0.1) is 0 Å². The summed E-state index contributed by atoms with van der Waals surface area (Å²) in [5.41, 5.74) is 1.02. The van der Waals surface area contributed by atoms with Crippen molar-refractivity contribution in [3.63, 3.8) is 0 Å². The Bertz CT molecular complexity index is 567. The van der Waals surface area contributed by atoms with Gasteiger partial charge in [0.05, 0.1) is 12.2 Å². The van der Waals surface area contributed by atoms with Crippen LogP contribution in [0.15, 0.2) is 18.0 Å². The van der Waals surface area contributed by atoms with Crippen LogP contribution >= 0.6 is 11.3 Å². The number of hydrogen-bond acceptors (Lipinski definition) is 5. The molecule has 21 heavy (non-hydrogen) atoms. The maximum Gasteiger partial charge on any atom is 0.321 e. The van der Waals surface area contributed by atoms with E-state index in [0.717, 1.165) is 12.1 Å². The molecule has 0 aromatic carbocycles. The highest BCUT2D eigenvalue weighted by Crippen LogP contribution is 2.23. The molecule has 0 aliphatic heterocycles. The van der Waals surface area contributed by atoms with E-state index < -0.39 is 0 Å². The van der Waals surface area contributed by atoms with Crippen LogP contribution in [0.5, 0.6) is 0 Å². The number of urea groups is 1. The minimum atomic E-state index is -0.257. The molecule has 2 N–H and O–H groups in total. The number of anilines is 1. The van der Waals surface area contributed by atoms with Crippen LogP contribution in [-0.2, 0) is 6.54 Å². The summed E-state index contributed by atoms with van der Waals surface area (Å²) in [6.07, 6.45) is 4.12. The van der Waals surface area contributed by atoms with E-state index in [1.165, 1.54) is 17.7 Å². The number of nitrogens with one attached hydrogen (secondary N) is 2. The summed E-state index contributed by atoms with van der Waals surface area (Å²) in [6.45, 7) is 6.73. The van der Waals surface area contributed by atoms with Crippen LogP contribution in [0.25, 0.3) is 0 Å². The number of carbonyl (C=O) groups is 1. The third-order valence-electron chi connectivity index (χ3n) is 3.16. The molecule has 2 amide bonds. The van der Waals surface area contributed by atoms with Crippen molar-refractivity contribution in [2.45, 2.75) is 45.7 Å². The number of aromatic nitrogens is 4. The molecule has 0 aliphatic rings. The lowest BCUT2D eigenvalue weighted by Crippen LogP contribution is -2.38. The zero-order chi connectivity index (χ0) is 15.2. The molecule has 2 heterocycles. The van der Waals surface area contributed by atoms with Gasteiger partial charge in [0, 0.05) is 11.4 Å². The van der Waals surface area contributed by atoms with Crippen LogP contribution in [0.1, 0.15) is 38.8 Å². The number of rotatable bonds is 6. The third-order valence-corrected chi connectivity index (χ3v) is 3.94. The van der Waals surface area contributed by atoms with Gasteiger partial charge in [-0.3, -0.25) is 10.00 Å². The molecule has 0 aliphatic carbocycles. The third kappa shape index (κ3) is 4.52. The van der Waals surface area contributed by atoms with Crippen molar-refractivity contribution in [3.05, 3.63) is 23.7 Å². The lowest BCUT2D eigenvalue weighted by Gasteiger charge is -2.13. The second-order valence-electron chi connectivity index (χ2n) is 5.00. The van der Waals surface area contributed by atoms with Gasteiger partial charge in [0.25, 0.3) is 0 Å². The molecule has 0 saturated heterocycles. The van der Waals surface area contributed by atoms with Crippen molar-refractivity contribution in [2.75, 3.05) is 5.32 Å². The Morgan fingerprint density at radius 2 is 2.29 bits per heavy atom. The maximum atomic E-state index is 11.9. The zero-order valence-electron chi connectivity index (χ0n) is 12.4. The lowest BCUT2D eigenvalue weighted by atomic mass is 10.1. The highest BCUT2D eigenvalue weighted by molar-refractivity contribution is 7.13. The summed E-state index contributed by atoms with van der Waals surface area (Å²) in [6, 6.07) is -0.312. The molecular weight excluding hydrogens is 288 g/mol. The minimum absolute atomic E-state index is 0.0549. The van der Waals surface area contributed by atoms with Crippen molar-refractivity contribution >= 4 is 22.5 Å². The fourth-order valence-corrected chi connectivity index (χ4v) is 2.62. The first-order valence-electron chi connectivity index (χ1n) is 6.93. The Hall–Kier alpha value is -1.96. The van der Waals surface area contributed by atoms with Crippen LogP contribution in [0.3, 0.4) is 0 Å². The Kier molecular flexibility index (Phi) is 5.26. The van der Waals surface area contributed by atoms with E-state index in [9.17, 15) is 4.79 Å². The van der Waals surface area contributed by atoms with Gasteiger partial charge in [-0.2, -0.15) is 5.10 Å². The number of carbonyl (C=O) groups excluding carboxylic acids is 1. The van der Waals surface area contributed by atoms with E-state index in [-0.39, 0.29) is 12.1 Å². The van der Waals surface area contributed by atoms with Gasteiger partial charge >= 0.3 is 6.03 Å². The quantitative estimate of drug-likeness (QED) is 0.858. The number of thiazole rings is 1. The Balaban J connectivity index is 1.82. The molecule has 0 bridgehead atoms. The van der Waals surface area contributed by atoms with E-state index in [1.54, 1.807) is 11.0 Å². The van der Waals surface area contributed by atoms with Crippen LogP contribution in [0.2, 0.25) is 0 Å². The predicted molar refractivity (Wildman–Crippen MR) is 82.5 cm³/mol. The number of hydrogen-bond donors (Lipinski definition) is 2. The zero-order valence-corrected chi connectivity index (χ0v) is 13.2. The van der Waals surface area contributed by atoms with Gasteiger partial charge in [0.15, 0.2) is 5.13 Å². The molecule has 114 valence electrons. The van der Waals surface area contributed by atoms with E-state index in [2.05, 4.69) is 39.5 Å². The summed E-state index contributed by atoms with van der Waals surface area (Å²) in [5, 5.41) is 12.2. The summed E-state index contributed by atoms with van der Waals surface area (Å²) in [4.78, 5) is 20.2. The first-order valence-corrected chi connectivity index (χ1v) is 7.81. The standard InChI is InChI=1S/C13H20N6OS/c1-4-9(2)11-6-21-13(17-11)18-12(20)16-10(3)5-19-8-14-7-15-19/h6-10H,4-5H2,1-3H3,(H2,16,17,18,20)/t9-,10-/m1/s1. The highest BCUT2D eigenvalue weighted by Gasteiger charge is 2.12. The maximum absolute atomic E-state index is 11.9. The lowest BCUT2D eigenvalue weighted by molar-refractivity contribution is 0.247. The Morgan fingerprint density at radius 1 is 1.48 bits per heavy atom. The first kappa shape index (κ1) is 15.4. The first-order chi connectivity index (χ1) is 10.1. The Labute approximate surface area is 127 Å². The summed E-state index contributed by atoms with van der Waals surface area (Å²) < 4.78 is 1.68.